The molecule has 2 aliphatic rings. The van der Waals surface area contributed by atoms with Crippen molar-refractivity contribution < 1.29 is 23.9 Å². The van der Waals surface area contributed by atoms with Crippen LogP contribution in [-0.4, -0.2) is 131 Å². The number of halogens is 3. The minimum Gasteiger partial charge on any atom is -0.444 e. The van der Waals surface area contributed by atoms with Crippen LogP contribution < -0.4 is 20.9 Å². The highest BCUT2D eigenvalue weighted by atomic mass is 35.5. The number of carbonyl (C=O) groups excluding carboxylic acids is 3. The zero-order valence-corrected chi connectivity index (χ0v) is 53.7. The average Bonchev–Trinajstić information content (AvgIpc) is 0.756. The van der Waals surface area contributed by atoms with E-state index in [0.29, 0.717) is 125 Å². The summed E-state index contributed by atoms with van der Waals surface area (Å²) >= 11 is 19.8. The van der Waals surface area contributed by atoms with Crippen molar-refractivity contribution in [3.05, 3.63) is 124 Å². The second-order valence-corrected chi connectivity index (χ2v) is 25.7. The molecule has 0 unspecified atom stereocenters. The highest BCUT2D eigenvalue weighted by molar-refractivity contribution is 6.42. The summed E-state index contributed by atoms with van der Waals surface area (Å²) < 4.78 is 13.9. The summed E-state index contributed by atoms with van der Waals surface area (Å²) in [7, 11) is 0. The molecule has 1 aromatic carbocycles. The molecule has 87 heavy (non-hydrogen) atoms. The van der Waals surface area contributed by atoms with Gasteiger partial charge in [0.25, 0.3) is 11.1 Å². The first-order valence-electron chi connectivity index (χ1n) is 28.8. The zero-order chi connectivity index (χ0) is 63.7. The van der Waals surface area contributed by atoms with E-state index in [4.69, 9.17) is 49.3 Å². The minimum absolute atomic E-state index is 0.0294. The van der Waals surface area contributed by atoms with Gasteiger partial charge in [0.2, 0.25) is 0 Å². The van der Waals surface area contributed by atoms with Crippen LogP contribution in [0.3, 0.4) is 0 Å². The summed E-state index contributed by atoms with van der Waals surface area (Å²) in [5.41, 5.74) is 3.46. The van der Waals surface area contributed by atoms with Gasteiger partial charge in [-0.2, -0.15) is 10.5 Å². The maximum Gasteiger partial charge on any atom is 0.410 e. The van der Waals surface area contributed by atoms with Crippen molar-refractivity contribution in [1.29, 1.82) is 10.5 Å². The fraction of sp³-hybridized carbons (Fsp3) is 0.444. The SMILES string of the molecule is CC(C)c1ncnc(C(C)C)c1-n1c(=O)c(C#N)c(N2CCN(C(=O)OC(C)(C)C)CC2)c2cc(Cl)c(-c3ccccc3C=O)nc21.CC(C)c1ncnc(C(C)C)c1-n1c(=O)c(C#N)c(N2CCN(C(=O)OC(C)(C)C)CC2)c2cc(Cl)c(Cl)nc21. The molecule has 2 aliphatic heterocycles. The fourth-order valence-electron chi connectivity index (χ4n) is 10.6. The molecule has 0 atom stereocenters. The Bertz CT molecular complexity index is 3990. The number of ether oxygens (including phenoxy) is 2. The Morgan fingerprint density at radius 1 is 0.563 bits per heavy atom. The molecule has 0 aliphatic carbocycles. The summed E-state index contributed by atoms with van der Waals surface area (Å²) in [6, 6.07) is 14.6. The maximum absolute atomic E-state index is 14.7. The average molecular weight is 1240 g/mol. The number of aromatic nitrogens is 8. The number of pyridine rings is 4. The lowest BCUT2D eigenvalue weighted by atomic mass is 10.00. The smallest absolute Gasteiger partial charge is 0.410 e. The number of amides is 2. The molecule has 0 saturated carbocycles. The molecule has 24 heteroatoms. The first-order chi connectivity index (χ1) is 41.0. The Kier molecular flexibility index (Phi) is 19.3. The lowest BCUT2D eigenvalue weighted by molar-refractivity contribution is 0.0230. The molecular weight excluding hydrogens is 1170 g/mol. The summed E-state index contributed by atoms with van der Waals surface area (Å²) in [5, 5.41) is 22.3. The van der Waals surface area contributed by atoms with E-state index in [1.54, 1.807) is 46.2 Å². The van der Waals surface area contributed by atoms with Crippen molar-refractivity contribution >= 4 is 86.7 Å². The van der Waals surface area contributed by atoms with Crippen molar-refractivity contribution in [2.45, 2.75) is 132 Å². The molecule has 21 nitrogen and oxygen atoms in total. The van der Waals surface area contributed by atoms with Gasteiger partial charge in [-0.25, -0.2) is 39.5 Å². The number of aldehydes is 1. The number of hydrogen-bond donors (Lipinski definition) is 0. The highest BCUT2D eigenvalue weighted by Crippen LogP contribution is 2.40. The number of piperazine rings is 2. The monoisotopic (exact) mass is 1240 g/mol. The lowest BCUT2D eigenvalue weighted by Crippen LogP contribution is -2.50. The Labute approximate surface area is 520 Å². The molecule has 8 heterocycles. The van der Waals surface area contributed by atoms with Gasteiger partial charge >= 0.3 is 12.2 Å². The lowest BCUT2D eigenvalue weighted by Gasteiger charge is -2.37. The number of hydrogen-bond acceptors (Lipinski definition) is 17. The molecule has 9 rings (SSSR count). The van der Waals surface area contributed by atoms with Gasteiger partial charge in [-0.3, -0.25) is 23.5 Å². The molecule has 0 bridgehead atoms. The van der Waals surface area contributed by atoms with Crippen molar-refractivity contribution in [2.75, 3.05) is 62.2 Å². The van der Waals surface area contributed by atoms with Gasteiger partial charge in [0.05, 0.1) is 61.3 Å². The number of benzene rings is 1. The minimum atomic E-state index is -0.643. The van der Waals surface area contributed by atoms with Gasteiger partial charge in [-0.15, -0.1) is 0 Å². The number of nitrogens with zero attached hydrogens (tertiary/aromatic N) is 14. The predicted molar refractivity (Wildman–Crippen MR) is 338 cm³/mol. The zero-order valence-electron chi connectivity index (χ0n) is 51.4. The molecule has 456 valence electrons. The van der Waals surface area contributed by atoms with E-state index in [0.717, 1.165) is 6.29 Å². The predicted octanol–water partition coefficient (Wildman–Crippen LogP) is 12.1. The molecule has 2 saturated heterocycles. The van der Waals surface area contributed by atoms with Crippen LogP contribution in [0.2, 0.25) is 15.2 Å². The van der Waals surface area contributed by atoms with Crippen LogP contribution in [0, 0.1) is 22.7 Å². The Hall–Kier alpha value is -8.24. The fourth-order valence-corrected chi connectivity index (χ4v) is 11.2. The van der Waals surface area contributed by atoms with E-state index >= 15 is 0 Å². The van der Waals surface area contributed by atoms with Gasteiger partial charge in [0.1, 0.15) is 57.9 Å². The van der Waals surface area contributed by atoms with E-state index in [1.165, 1.54) is 21.8 Å². The van der Waals surface area contributed by atoms with E-state index in [-0.39, 0.29) is 61.3 Å². The quantitative estimate of drug-likeness (QED) is 0.0911. The first kappa shape index (κ1) is 64.8. The Morgan fingerprint density at radius 3 is 1.29 bits per heavy atom. The van der Waals surface area contributed by atoms with Gasteiger partial charge < -0.3 is 29.1 Å². The van der Waals surface area contributed by atoms with Crippen LogP contribution in [0.25, 0.3) is 44.7 Å². The van der Waals surface area contributed by atoms with Crippen molar-refractivity contribution in [1.82, 2.24) is 48.8 Å². The number of fused-ring (bicyclic) bond motifs is 2. The Balaban J connectivity index is 0.000000229. The van der Waals surface area contributed by atoms with Crippen LogP contribution in [0.1, 0.15) is 165 Å². The summed E-state index contributed by atoms with van der Waals surface area (Å²) in [6.07, 6.45) is 2.88. The standard InChI is InChI=1S/C35H38ClN7O4.C28H33Cl2N7O3/c1-20(2)27-31(28(21(3)4)39-19-38-27)43-32-24(16-26(36)29(40-32)23-11-9-8-10-22(23)18-44)30(25(17-37)33(43)45)41-12-14-42(15-13-41)34(46)47-35(5,6)7;1-15(2)20-23(21(16(3)4)33-14-32-20)37-25-17(12-19(29)24(30)34-25)22(18(13-31)26(37)38)35-8-10-36(11-9-35)27(39)40-28(5,6)7/h8-11,16,18-21H,12-15H2,1-7H3;12,14-16H,8-11H2,1-7H3. The van der Waals surface area contributed by atoms with E-state index < -0.39 is 34.5 Å². The third-order valence-corrected chi connectivity index (χ3v) is 15.5. The molecule has 2 amide bonds. The summed E-state index contributed by atoms with van der Waals surface area (Å²) in [4.78, 5) is 101. The van der Waals surface area contributed by atoms with E-state index in [2.05, 4.69) is 37.1 Å². The number of carbonyl (C=O) groups is 3. The van der Waals surface area contributed by atoms with Gasteiger partial charge in [-0.05, 0) is 77.3 Å². The third kappa shape index (κ3) is 13.4. The molecule has 0 N–H and O–H groups in total. The topological polar surface area (TPSA) is 252 Å². The highest BCUT2D eigenvalue weighted by Gasteiger charge is 2.35. The number of nitriles is 2. The Morgan fingerprint density at radius 2 is 0.931 bits per heavy atom. The second kappa shape index (κ2) is 26.0. The second-order valence-electron chi connectivity index (χ2n) is 24.5. The summed E-state index contributed by atoms with van der Waals surface area (Å²) in [6.45, 7) is 29.4. The van der Waals surface area contributed by atoms with E-state index in [9.17, 15) is 34.5 Å². The largest absolute Gasteiger partial charge is 0.444 e. The van der Waals surface area contributed by atoms with Gasteiger partial charge in [0.15, 0.2) is 11.9 Å². The number of anilines is 2. The van der Waals surface area contributed by atoms with E-state index in [1.807, 2.05) is 107 Å². The normalized spacial score (nSPS) is 14.0. The van der Waals surface area contributed by atoms with Crippen LogP contribution in [-0.2, 0) is 9.47 Å². The molecule has 0 spiro atoms. The van der Waals surface area contributed by atoms with Crippen molar-refractivity contribution in [3.8, 4) is 34.8 Å². The summed E-state index contributed by atoms with van der Waals surface area (Å²) in [5.74, 6) is -0.292. The molecule has 2 fully saturated rings. The molecule has 6 aromatic heterocycles. The molecular formula is C63H71Cl3N14O7. The number of rotatable bonds is 10. The van der Waals surface area contributed by atoms with Crippen molar-refractivity contribution in [2.24, 2.45) is 0 Å². The third-order valence-electron chi connectivity index (χ3n) is 14.6. The molecule has 7 aromatic rings. The van der Waals surface area contributed by atoms with Crippen LogP contribution in [0.5, 0.6) is 0 Å². The van der Waals surface area contributed by atoms with Crippen LogP contribution in [0.15, 0.2) is 58.6 Å². The van der Waals surface area contributed by atoms with Gasteiger partial charge in [-0.1, -0.05) is 114 Å². The van der Waals surface area contributed by atoms with Gasteiger partial charge in [0, 0.05) is 74.3 Å². The first-order valence-corrected chi connectivity index (χ1v) is 29.9. The van der Waals surface area contributed by atoms with Crippen LogP contribution >= 0.6 is 34.8 Å². The van der Waals surface area contributed by atoms with Crippen LogP contribution in [0.4, 0.5) is 21.0 Å². The maximum atomic E-state index is 14.7. The van der Waals surface area contributed by atoms with Crippen molar-refractivity contribution in [3.63, 3.8) is 0 Å². The molecule has 0 radical (unpaired) electrons.